The molecule has 1 fully saturated rings. The number of carbonyl (C=O) groups is 1. The normalized spacial score (nSPS) is 20.0. The van der Waals surface area contributed by atoms with E-state index < -0.39 is 9.84 Å². The van der Waals surface area contributed by atoms with Gasteiger partial charge in [0.2, 0.25) is 5.91 Å². The van der Waals surface area contributed by atoms with E-state index in [4.69, 9.17) is 4.74 Å². The number of rotatable bonds is 6. The predicted octanol–water partition coefficient (Wildman–Crippen LogP) is 1.65. The number of benzene rings is 1. The highest BCUT2D eigenvalue weighted by molar-refractivity contribution is 9.10. The van der Waals surface area contributed by atoms with Crippen LogP contribution in [0.2, 0.25) is 0 Å². The lowest BCUT2D eigenvalue weighted by atomic mass is 10.1. The third kappa shape index (κ3) is 4.79. The molecule has 1 saturated heterocycles. The lowest BCUT2D eigenvalue weighted by molar-refractivity contribution is -0.133. The van der Waals surface area contributed by atoms with E-state index in [2.05, 4.69) is 15.9 Å². The number of sulfone groups is 1. The summed E-state index contributed by atoms with van der Waals surface area (Å²) in [7, 11) is -1.45. The smallest absolute Gasteiger partial charge is 0.227 e. The quantitative estimate of drug-likeness (QED) is 0.741. The maximum absolute atomic E-state index is 12.6. The van der Waals surface area contributed by atoms with Crippen LogP contribution in [0.3, 0.4) is 0 Å². The van der Waals surface area contributed by atoms with Gasteiger partial charge in [-0.3, -0.25) is 4.79 Å². The molecule has 1 aromatic rings. The molecule has 1 atom stereocenters. The van der Waals surface area contributed by atoms with Crippen molar-refractivity contribution in [3.8, 4) is 0 Å². The van der Waals surface area contributed by atoms with Gasteiger partial charge >= 0.3 is 0 Å². The van der Waals surface area contributed by atoms with E-state index in [0.717, 1.165) is 10.0 Å². The van der Waals surface area contributed by atoms with Crippen LogP contribution in [0.4, 0.5) is 0 Å². The molecular formula is C15H20BrNO4S. The van der Waals surface area contributed by atoms with Crippen LogP contribution in [0.25, 0.3) is 0 Å². The third-order valence-corrected chi connectivity index (χ3v) is 6.05. The second kappa shape index (κ2) is 7.57. The first-order chi connectivity index (χ1) is 10.4. The lowest BCUT2D eigenvalue weighted by Crippen LogP contribution is -2.43. The Kier molecular flexibility index (Phi) is 6.00. The van der Waals surface area contributed by atoms with Crippen molar-refractivity contribution >= 4 is 31.7 Å². The molecule has 1 aliphatic heterocycles. The molecule has 122 valence electrons. The standard InChI is InChI=1S/C15H20BrNO4S/c1-21-8-7-17(14-6-9-22(19,20)11-14)15(18)10-12-2-4-13(16)5-3-12/h2-5,14H,6-11H2,1H3. The Balaban J connectivity index is 2.07. The average Bonchev–Trinajstić information content (AvgIpc) is 2.82. The van der Waals surface area contributed by atoms with Crippen molar-refractivity contribution in [3.63, 3.8) is 0 Å². The second-order valence-electron chi connectivity index (χ2n) is 5.44. The van der Waals surface area contributed by atoms with Crippen molar-refractivity contribution < 1.29 is 17.9 Å². The van der Waals surface area contributed by atoms with Crippen LogP contribution >= 0.6 is 15.9 Å². The third-order valence-electron chi connectivity index (χ3n) is 3.77. The summed E-state index contributed by atoms with van der Waals surface area (Å²) in [6.07, 6.45) is 0.783. The van der Waals surface area contributed by atoms with Gasteiger partial charge in [0.15, 0.2) is 9.84 Å². The summed E-state index contributed by atoms with van der Waals surface area (Å²) in [5.41, 5.74) is 0.913. The molecule has 7 heteroatoms. The minimum atomic E-state index is -3.02. The molecule has 0 saturated carbocycles. The van der Waals surface area contributed by atoms with Crippen molar-refractivity contribution in [2.45, 2.75) is 18.9 Å². The number of hydrogen-bond donors (Lipinski definition) is 0. The van der Waals surface area contributed by atoms with Gasteiger partial charge in [0.1, 0.15) is 0 Å². The van der Waals surface area contributed by atoms with Crippen molar-refractivity contribution in [1.29, 1.82) is 0 Å². The number of ether oxygens (including phenoxy) is 1. The molecule has 0 bridgehead atoms. The summed E-state index contributed by atoms with van der Waals surface area (Å²) in [6, 6.07) is 7.33. The van der Waals surface area contributed by atoms with Crippen molar-refractivity contribution in [2.75, 3.05) is 31.8 Å². The number of carbonyl (C=O) groups excluding carboxylic acids is 1. The van der Waals surface area contributed by atoms with Crippen LogP contribution in [0, 0.1) is 0 Å². The summed E-state index contributed by atoms with van der Waals surface area (Å²) in [4.78, 5) is 14.2. The van der Waals surface area contributed by atoms with Gasteiger partial charge in [0.05, 0.1) is 24.5 Å². The fourth-order valence-electron chi connectivity index (χ4n) is 2.60. The van der Waals surface area contributed by atoms with Crippen LogP contribution in [0.15, 0.2) is 28.7 Å². The highest BCUT2D eigenvalue weighted by Gasteiger charge is 2.34. The first-order valence-electron chi connectivity index (χ1n) is 7.14. The van der Waals surface area contributed by atoms with E-state index in [0.29, 0.717) is 19.6 Å². The first-order valence-corrected chi connectivity index (χ1v) is 9.76. The van der Waals surface area contributed by atoms with Gasteiger partial charge in [0, 0.05) is 24.2 Å². The second-order valence-corrected chi connectivity index (χ2v) is 8.58. The first kappa shape index (κ1) is 17.4. The number of nitrogens with zero attached hydrogens (tertiary/aromatic N) is 1. The molecule has 2 rings (SSSR count). The fraction of sp³-hybridized carbons (Fsp3) is 0.533. The van der Waals surface area contributed by atoms with Gasteiger partial charge < -0.3 is 9.64 Å². The number of halogens is 1. The van der Waals surface area contributed by atoms with Crippen LogP contribution in [0.5, 0.6) is 0 Å². The van der Waals surface area contributed by atoms with Gasteiger partial charge in [-0.25, -0.2) is 8.42 Å². The molecule has 0 N–H and O–H groups in total. The summed E-state index contributed by atoms with van der Waals surface area (Å²) >= 11 is 3.36. The molecule has 1 heterocycles. The Morgan fingerprint density at radius 2 is 2.05 bits per heavy atom. The Bertz CT molecular complexity index is 615. The largest absolute Gasteiger partial charge is 0.383 e. The van der Waals surface area contributed by atoms with Crippen LogP contribution in [-0.2, 0) is 25.8 Å². The van der Waals surface area contributed by atoms with Gasteiger partial charge in [-0.15, -0.1) is 0 Å². The average molecular weight is 390 g/mol. The van der Waals surface area contributed by atoms with Crippen molar-refractivity contribution in [3.05, 3.63) is 34.3 Å². The molecule has 1 aromatic carbocycles. The van der Waals surface area contributed by atoms with Crippen molar-refractivity contribution in [1.82, 2.24) is 4.90 Å². The number of hydrogen-bond acceptors (Lipinski definition) is 4. The number of amides is 1. The Morgan fingerprint density at radius 3 is 2.59 bits per heavy atom. The molecule has 0 radical (unpaired) electrons. The lowest BCUT2D eigenvalue weighted by Gasteiger charge is -2.28. The molecule has 0 spiro atoms. The maximum atomic E-state index is 12.6. The van der Waals surface area contributed by atoms with Gasteiger partial charge in [-0.05, 0) is 24.1 Å². The molecule has 0 aliphatic carbocycles. The SMILES string of the molecule is COCCN(C(=O)Cc1ccc(Br)cc1)C1CCS(=O)(=O)C1. The van der Waals surface area contributed by atoms with E-state index in [1.54, 1.807) is 12.0 Å². The molecule has 1 unspecified atom stereocenters. The van der Waals surface area contributed by atoms with Crippen LogP contribution in [-0.4, -0.2) is 57.0 Å². The summed E-state index contributed by atoms with van der Waals surface area (Å²) < 4.78 is 29.3. The topological polar surface area (TPSA) is 63.7 Å². The molecular weight excluding hydrogens is 370 g/mol. The molecule has 0 aromatic heterocycles. The van der Waals surface area contributed by atoms with Crippen molar-refractivity contribution in [2.24, 2.45) is 0 Å². The van der Waals surface area contributed by atoms with Crippen LogP contribution < -0.4 is 0 Å². The monoisotopic (exact) mass is 389 g/mol. The zero-order chi connectivity index (χ0) is 16.2. The predicted molar refractivity (Wildman–Crippen MR) is 88.5 cm³/mol. The van der Waals surface area contributed by atoms with Crippen LogP contribution in [0.1, 0.15) is 12.0 Å². The minimum absolute atomic E-state index is 0.0542. The molecule has 5 nitrogen and oxygen atoms in total. The van der Waals surface area contributed by atoms with E-state index in [1.807, 2.05) is 24.3 Å². The van der Waals surface area contributed by atoms with Gasteiger partial charge in [-0.1, -0.05) is 28.1 Å². The zero-order valence-electron chi connectivity index (χ0n) is 12.5. The summed E-state index contributed by atoms with van der Waals surface area (Å²) in [5.74, 6) is 0.164. The Morgan fingerprint density at radius 1 is 1.36 bits per heavy atom. The highest BCUT2D eigenvalue weighted by atomic mass is 79.9. The van der Waals surface area contributed by atoms with E-state index >= 15 is 0 Å². The van der Waals surface area contributed by atoms with E-state index in [1.165, 1.54) is 0 Å². The van der Waals surface area contributed by atoms with E-state index in [9.17, 15) is 13.2 Å². The fourth-order valence-corrected chi connectivity index (χ4v) is 4.60. The number of methoxy groups -OCH3 is 1. The minimum Gasteiger partial charge on any atom is -0.383 e. The highest BCUT2D eigenvalue weighted by Crippen LogP contribution is 2.19. The van der Waals surface area contributed by atoms with Gasteiger partial charge in [0.25, 0.3) is 0 Å². The Labute approximate surface area is 139 Å². The molecule has 22 heavy (non-hydrogen) atoms. The molecule has 1 amide bonds. The maximum Gasteiger partial charge on any atom is 0.227 e. The van der Waals surface area contributed by atoms with E-state index in [-0.39, 0.29) is 29.9 Å². The zero-order valence-corrected chi connectivity index (χ0v) is 14.9. The molecule has 1 aliphatic rings. The van der Waals surface area contributed by atoms with Gasteiger partial charge in [-0.2, -0.15) is 0 Å². The Hall–Kier alpha value is -0.920. The summed E-state index contributed by atoms with van der Waals surface area (Å²) in [5, 5.41) is 0. The summed E-state index contributed by atoms with van der Waals surface area (Å²) in [6.45, 7) is 0.828.